The Morgan fingerprint density at radius 3 is 0.0909 bits per heavy atom. The quantitative estimate of drug-likeness (QED) is 0.156. The molecule has 0 saturated heterocycles. The lowest BCUT2D eigenvalue weighted by atomic mass is 9.80. The summed E-state index contributed by atoms with van der Waals surface area (Å²) in [5.41, 5.74) is 104. The lowest BCUT2D eigenvalue weighted by molar-refractivity contribution is 1.14. The van der Waals surface area contributed by atoms with Crippen molar-refractivity contribution in [1.29, 1.82) is 0 Å². The average molecular weight is 1770 g/mol. The molecule has 132 heavy (non-hydrogen) atoms. The molecule has 0 bridgehead atoms. The highest BCUT2D eigenvalue weighted by molar-refractivity contribution is 5.88. The molecule has 0 aliphatic rings. The van der Waals surface area contributed by atoms with Crippen molar-refractivity contribution in [1.82, 2.24) is 0 Å². The van der Waals surface area contributed by atoms with E-state index in [1.54, 1.807) is 0 Å². The normalized spacial score (nSPS) is 11.2. The van der Waals surface area contributed by atoms with Gasteiger partial charge in [0.05, 0.1) is 0 Å². The van der Waals surface area contributed by atoms with Crippen molar-refractivity contribution in [2.24, 2.45) is 0 Å². The molecular weight excluding hydrogens is 1590 g/mol. The van der Waals surface area contributed by atoms with E-state index >= 15 is 0 Å². The van der Waals surface area contributed by atoms with Crippen LogP contribution >= 0.6 is 0 Å². The van der Waals surface area contributed by atoms with Gasteiger partial charge in [0.15, 0.2) is 0 Å². The minimum Gasteiger partial charge on any atom is -0.0447 e. The fourth-order valence-corrected chi connectivity index (χ4v) is 22.5. The van der Waals surface area contributed by atoms with E-state index in [4.69, 9.17) is 0 Å². The second-order valence-electron chi connectivity index (χ2n) is 42.0. The smallest absolute Gasteiger partial charge is 0.0114 e. The van der Waals surface area contributed by atoms with Crippen molar-refractivity contribution in [3.8, 4) is 66.8 Å². The molecule has 0 unspecified atom stereocenters. The van der Waals surface area contributed by atoms with Crippen LogP contribution in [0.4, 0.5) is 0 Å². The fourth-order valence-electron chi connectivity index (χ4n) is 22.5. The molecule has 0 spiro atoms. The van der Waals surface area contributed by atoms with Crippen molar-refractivity contribution in [2.45, 2.75) is 415 Å². The van der Waals surface area contributed by atoms with Gasteiger partial charge in [0.1, 0.15) is 0 Å². The minimum atomic E-state index is 1.44. The number of hydrogen-bond acceptors (Lipinski definition) is 0. The molecule has 0 heteroatoms. The standard InChI is InChI=1S/6C22H30/c6*1-11-13(3)17(7)21(18(8)14(11)4)22-19(9)15(5)12(2)16(6)20(22)10/h6*1-10H3. The average Bonchev–Trinajstić information content (AvgIpc) is 0.773. The second-order valence-corrected chi connectivity index (χ2v) is 42.0. The van der Waals surface area contributed by atoms with E-state index in [2.05, 4.69) is 415 Å². The maximum absolute atomic E-state index is 2.29. The predicted molar refractivity (Wildman–Crippen MR) is 595 cm³/mol. The van der Waals surface area contributed by atoms with Crippen LogP contribution in [0.1, 0.15) is 334 Å². The van der Waals surface area contributed by atoms with Crippen molar-refractivity contribution < 1.29 is 0 Å². The predicted octanol–water partition coefficient (Wildman–Crippen LogP) is 38.6. The summed E-state index contributed by atoms with van der Waals surface area (Å²) in [5, 5.41) is 0. The number of rotatable bonds is 6. The summed E-state index contributed by atoms with van der Waals surface area (Å²) in [7, 11) is 0. The molecule has 0 amide bonds. The Hall–Kier alpha value is -9.36. The van der Waals surface area contributed by atoms with Crippen LogP contribution in [0.3, 0.4) is 0 Å². The second kappa shape index (κ2) is 41.5. The van der Waals surface area contributed by atoms with Crippen LogP contribution in [-0.2, 0) is 0 Å². The van der Waals surface area contributed by atoms with Crippen LogP contribution in [0.25, 0.3) is 66.8 Å². The molecule has 0 aliphatic carbocycles. The molecule has 12 aromatic rings. The van der Waals surface area contributed by atoms with Gasteiger partial charge in [-0.3, -0.25) is 0 Å². The highest BCUT2D eigenvalue weighted by atomic mass is 14.3. The van der Waals surface area contributed by atoms with Crippen LogP contribution in [0, 0.1) is 415 Å². The zero-order valence-corrected chi connectivity index (χ0v) is 96.0. The molecule has 0 heterocycles. The maximum Gasteiger partial charge on any atom is -0.0114 e. The van der Waals surface area contributed by atoms with Gasteiger partial charge in [0.25, 0.3) is 0 Å². The van der Waals surface area contributed by atoms with E-state index in [1.807, 2.05) is 0 Å². The first-order chi connectivity index (χ1) is 60.6. The van der Waals surface area contributed by atoms with Crippen molar-refractivity contribution in [2.75, 3.05) is 0 Å². The van der Waals surface area contributed by atoms with Crippen LogP contribution < -0.4 is 0 Å². The summed E-state index contributed by atoms with van der Waals surface area (Å²) >= 11 is 0. The summed E-state index contributed by atoms with van der Waals surface area (Å²) < 4.78 is 0. The summed E-state index contributed by atoms with van der Waals surface area (Å²) in [6.07, 6.45) is 0. The van der Waals surface area contributed by atoms with Gasteiger partial charge in [-0.1, -0.05) is 0 Å². The van der Waals surface area contributed by atoms with E-state index in [0.29, 0.717) is 0 Å². The molecule has 0 aromatic heterocycles. The maximum atomic E-state index is 2.29. The Morgan fingerprint density at radius 2 is 0.0606 bits per heavy atom. The van der Waals surface area contributed by atoms with Crippen molar-refractivity contribution >= 4 is 0 Å². The summed E-state index contributed by atoms with van der Waals surface area (Å²) in [6.45, 7) is 136. The van der Waals surface area contributed by atoms with Gasteiger partial charge in [0, 0.05) is 0 Å². The summed E-state index contributed by atoms with van der Waals surface area (Å²) in [5.74, 6) is 0. The van der Waals surface area contributed by atoms with E-state index in [1.165, 1.54) is 401 Å². The Bertz CT molecular complexity index is 4940. The van der Waals surface area contributed by atoms with Crippen LogP contribution in [0.2, 0.25) is 0 Å². The van der Waals surface area contributed by atoms with Gasteiger partial charge in [-0.2, -0.15) is 0 Å². The third-order valence-electron chi connectivity index (χ3n) is 37.5. The van der Waals surface area contributed by atoms with Crippen molar-refractivity contribution in [3.05, 3.63) is 334 Å². The van der Waals surface area contributed by atoms with E-state index in [0.717, 1.165) is 0 Å². The Morgan fingerprint density at radius 1 is 0.0379 bits per heavy atom. The molecule has 0 saturated carbocycles. The summed E-state index contributed by atoms with van der Waals surface area (Å²) in [4.78, 5) is 0. The Labute approximate surface area is 810 Å². The highest BCUT2D eigenvalue weighted by Crippen LogP contribution is 2.49. The minimum absolute atomic E-state index is 1.44. The zero-order chi connectivity index (χ0) is 102. The SMILES string of the molecule is Cc1c(C)c(C)c(-c2c(C)c(C)c(C)c(C)c2C)c(C)c1C.Cc1c(C)c(C)c(-c2c(C)c(C)c(C)c(C)c2C)c(C)c1C.Cc1c(C)c(C)c(-c2c(C)c(C)c(C)c(C)c2C)c(C)c1C.Cc1c(C)c(C)c(-c2c(C)c(C)c(C)c(C)c2C)c(C)c1C.Cc1c(C)c(C)c(-c2c(C)c(C)c(C)c(C)c2C)c(C)c1C.Cc1c(C)c(C)c(-c2c(C)c(C)c(C)c(C)c2C)c(C)c1C. The van der Waals surface area contributed by atoms with Crippen LogP contribution in [0.5, 0.6) is 0 Å². The Balaban J connectivity index is 0.000000216. The third kappa shape index (κ3) is 18.9. The topological polar surface area (TPSA) is 0 Å². The third-order valence-corrected chi connectivity index (χ3v) is 37.5. The lowest BCUT2D eigenvalue weighted by Crippen LogP contribution is -2.05. The first kappa shape index (κ1) is 110. The van der Waals surface area contributed by atoms with Gasteiger partial charge in [-0.05, 0) is 816 Å². The molecule has 0 fully saturated rings. The molecule has 0 atom stereocenters. The highest BCUT2D eigenvalue weighted by Gasteiger charge is 2.29. The van der Waals surface area contributed by atoms with Crippen LogP contribution in [0.15, 0.2) is 0 Å². The van der Waals surface area contributed by atoms with Gasteiger partial charge in [0.2, 0.25) is 0 Å². The molecule has 0 radical (unpaired) electrons. The molecule has 708 valence electrons. The molecule has 12 aromatic carbocycles. The lowest BCUT2D eigenvalue weighted by Gasteiger charge is -2.25. The first-order valence-electron chi connectivity index (χ1n) is 49.5. The molecule has 0 aliphatic heterocycles. The molecule has 0 nitrogen and oxygen atoms in total. The summed E-state index contributed by atoms with van der Waals surface area (Å²) in [6, 6.07) is 0. The zero-order valence-electron chi connectivity index (χ0n) is 96.0. The van der Waals surface area contributed by atoms with Crippen LogP contribution in [-0.4, -0.2) is 0 Å². The number of benzene rings is 12. The van der Waals surface area contributed by atoms with E-state index in [-0.39, 0.29) is 0 Å². The molecule has 0 N–H and O–H groups in total. The monoisotopic (exact) mass is 1770 g/mol. The van der Waals surface area contributed by atoms with Gasteiger partial charge in [-0.25, -0.2) is 0 Å². The fraction of sp³-hybridized carbons (Fsp3) is 0.455. The van der Waals surface area contributed by atoms with Gasteiger partial charge < -0.3 is 0 Å². The largest absolute Gasteiger partial charge is 0.0447 e. The van der Waals surface area contributed by atoms with E-state index < -0.39 is 0 Å². The van der Waals surface area contributed by atoms with E-state index in [9.17, 15) is 0 Å². The molecule has 12 rings (SSSR count). The first-order valence-corrected chi connectivity index (χ1v) is 49.5. The number of hydrogen-bond donors (Lipinski definition) is 0. The van der Waals surface area contributed by atoms with Gasteiger partial charge >= 0.3 is 0 Å². The Kier molecular flexibility index (Phi) is 34.4. The van der Waals surface area contributed by atoms with Gasteiger partial charge in [-0.15, -0.1) is 0 Å². The van der Waals surface area contributed by atoms with Crippen molar-refractivity contribution in [3.63, 3.8) is 0 Å². The molecular formula is C132H180.